The number of nitrogens with two attached hydrogens (primary N) is 1. The van der Waals surface area contributed by atoms with E-state index in [0.29, 0.717) is 18.2 Å². The molecule has 5 heteroatoms. The van der Waals surface area contributed by atoms with E-state index in [1.807, 2.05) is 6.92 Å². The molecule has 1 aromatic heterocycles. The first-order chi connectivity index (χ1) is 8.65. The van der Waals surface area contributed by atoms with Crippen LogP contribution >= 0.6 is 0 Å². The monoisotopic (exact) mass is 246 g/mol. The van der Waals surface area contributed by atoms with Crippen LogP contribution in [0.1, 0.15) is 11.1 Å². The molecule has 3 N–H and O–H groups in total. The van der Waals surface area contributed by atoms with Crippen LogP contribution in [0.5, 0.6) is 0 Å². The predicted molar refractivity (Wildman–Crippen MR) is 69.8 cm³/mol. The Morgan fingerprint density at radius 2 is 2.06 bits per heavy atom. The van der Waals surface area contributed by atoms with E-state index in [2.05, 4.69) is 15.5 Å². The average molecular weight is 246 g/mol. The van der Waals surface area contributed by atoms with Gasteiger partial charge in [0.2, 0.25) is 0 Å². The van der Waals surface area contributed by atoms with Crippen molar-refractivity contribution in [2.75, 3.05) is 17.6 Å². The fourth-order valence-corrected chi connectivity index (χ4v) is 1.70. The zero-order valence-corrected chi connectivity index (χ0v) is 10.2. The van der Waals surface area contributed by atoms with Gasteiger partial charge < -0.3 is 11.1 Å². The minimum absolute atomic E-state index is 0.200. The Balaban J connectivity index is 1.90. The molecular formula is C13H15FN4. The Kier molecular flexibility index (Phi) is 3.72. The molecule has 0 aliphatic carbocycles. The van der Waals surface area contributed by atoms with E-state index in [9.17, 15) is 4.39 Å². The number of rotatable bonds is 4. The van der Waals surface area contributed by atoms with Gasteiger partial charge in [-0.3, -0.25) is 0 Å². The third-order valence-corrected chi connectivity index (χ3v) is 2.69. The lowest BCUT2D eigenvalue weighted by Crippen LogP contribution is -2.08. The molecule has 1 heterocycles. The second-order valence-electron chi connectivity index (χ2n) is 4.09. The topological polar surface area (TPSA) is 63.8 Å². The fourth-order valence-electron chi connectivity index (χ4n) is 1.70. The van der Waals surface area contributed by atoms with Crippen molar-refractivity contribution in [3.05, 3.63) is 47.3 Å². The lowest BCUT2D eigenvalue weighted by atomic mass is 10.1. The molecule has 2 rings (SSSR count). The van der Waals surface area contributed by atoms with Crippen molar-refractivity contribution >= 4 is 11.6 Å². The number of nitrogens with zero attached hydrogens (tertiary/aromatic N) is 2. The molecule has 0 atom stereocenters. The first kappa shape index (κ1) is 12.3. The highest BCUT2D eigenvalue weighted by Crippen LogP contribution is 2.11. The van der Waals surface area contributed by atoms with Crippen molar-refractivity contribution in [1.82, 2.24) is 10.2 Å². The van der Waals surface area contributed by atoms with Gasteiger partial charge in [0.05, 0.1) is 0 Å². The molecule has 0 amide bonds. The second-order valence-corrected chi connectivity index (χ2v) is 4.09. The van der Waals surface area contributed by atoms with Gasteiger partial charge in [0, 0.05) is 6.54 Å². The van der Waals surface area contributed by atoms with E-state index in [1.165, 1.54) is 6.07 Å². The number of aromatic nitrogens is 2. The number of nitrogens with one attached hydrogen (secondary N) is 1. The van der Waals surface area contributed by atoms with Crippen molar-refractivity contribution in [2.24, 2.45) is 0 Å². The van der Waals surface area contributed by atoms with Crippen LogP contribution in [-0.4, -0.2) is 16.7 Å². The number of aryl methyl sites for hydroxylation is 1. The molecule has 2 aromatic rings. The zero-order chi connectivity index (χ0) is 13.0. The predicted octanol–water partition coefficient (Wildman–Crippen LogP) is 2.16. The maximum atomic E-state index is 12.9. The Morgan fingerprint density at radius 1 is 1.22 bits per heavy atom. The van der Waals surface area contributed by atoms with Crippen LogP contribution in [-0.2, 0) is 6.42 Å². The Hall–Kier alpha value is -2.17. The Bertz CT molecular complexity index is 525. The third kappa shape index (κ3) is 3.16. The lowest BCUT2D eigenvalue weighted by molar-refractivity contribution is 0.625. The van der Waals surface area contributed by atoms with Gasteiger partial charge >= 0.3 is 0 Å². The molecule has 0 aliphatic heterocycles. The van der Waals surface area contributed by atoms with Crippen LogP contribution in [0.15, 0.2) is 30.3 Å². The van der Waals surface area contributed by atoms with Crippen molar-refractivity contribution in [2.45, 2.75) is 13.3 Å². The van der Waals surface area contributed by atoms with Gasteiger partial charge in [0.25, 0.3) is 0 Å². The molecule has 0 unspecified atom stereocenters. The summed E-state index contributed by atoms with van der Waals surface area (Å²) in [4.78, 5) is 0. The minimum Gasteiger partial charge on any atom is -0.382 e. The first-order valence-electron chi connectivity index (χ1n) is 5.73. The molecule has 0 bridgehead atoms. The van der Waals surface area contributed by atoms with E-state index >= 15 is 0 Å². The third-order valence-electron chi connectivity index (χ3n) is 2.69. The molecular weight excluding hydrogens is 231 g/mol. The molecule has 0 saturated heterocycles. The standard InChI is InChI=1S/C13H15FN4/c1-9-8-11(14)3-2-10(9)6-7-16-13-5-4-12(15)17-18-13/h2-5,8H,6-7H2,1H3,(H2,15,17)(H,16,18). The molecule has 0 radical (unpaired) electrons. The molecule has 0 fully saturated rings. The molecule has 1 aromatic carbocycles. The highest BCUT2D eigenvalue weighted by atomic mass is 19.1. The van der Waals surface area contributed by atoms with Crippen LogP contribution in [0.3, 0.4) is 0 Å². The Labute approximate surface area is 105 Å². The van der Waals surface area contributed by atoms with Gasteiger partial charge in [0.15, 0.2) is 0 Å². The Morgan fingerprint density at radius 3 is 2.72 bits per heavy atom. The summed E-state index contributed by atoms with van der Waals surface area (Å²) in [6.45, 7) is 2.62. The van der Waals surface area contributed by atoms with Gasteiger partial charge in [-0.25, -0.2) is 4.39 Å². The highest BCUT2D eigenvalue weighted by Gasteiger charge is 2.00. The van der Waals surface area contributed by atoms with E-state index in [1.54, 1.807) is 24.3 Å². The van der Waals surface area contributed by atoms with Crippen LogP contribution in [0.25, 0.3) is 0 Å². The minimum atomic E-state index is -0.200. The van der Waals surface area contributed by atoms with E-state index in [-0.39, 0.29) is 5.82 Å². The van der Waals surface area contributed by atoms with Crippen molar-refractivity contribution < 1.29 is 4.39 Å². The quantitative estimate of drug-likeness (QED) is 0.867. The first-order valence-corrected chi connectivity index (χ1v) is 5.73. The van der Waals surface area contributed by atoms with Gasteiger partial charge in [-0.05, 0) is 48.7 Å². The number of halogens is 1. The summed E-state index contributed by atoms with van der Waals surface area (Å²) in [7, 11) is 0. The normalized spacial score (nSPS) is 10.3. The lowest BCUT2D eigenvalue weighted by Gasteiger charge is -2.07. The summed E-state index contributed by atoms with van der Waals surface area (Å²) in [6.07, 6.45) is 0.804. The van der Waals surface area contributed by atoms with Crippen LogP contribution in [0.4, 0.5) is 16.0 Å². The van der Waals surface area contributed by atoms with Crippen molar-refractivity contribution in [3.63, 3.8) is 0 Å². The summed E-state index contributed by atoms with van der Waals surface area (Å²) >= 11 is 0. The van der Waals surface area contributed by atoms with E-state index in [4.69, 9.17) is 5.73 Å². The molecule has 94 valence electrons. The maximum Gasteiger partial charge on any atom is 0.148 e. The van der Waals surface area contributed by atoms with Crippen LogP contribution < -0.4 is 11.1 Å². The largest absolute Gasteiger partial charge is 0.382 e. The smallest absolute Gasteiger partial charge is 0.148 e. The summed E-state index contributed by atoms with van der Waals surface area (Å²) in [6, 6.07) is 8.29. The fraction of sp³-hybridized carbons (Fsp3) is 0.231. The van der Waals surface area contributed by atoms with Gasteiger partial charge in [0.1, 0.15) is 17.5 Å². The molecule has 0 spiro atoms. The summed E-state index contributed by atoms with van der Waals surface area (Å²) in [5.74, 6) is 0.882. The molecule has 0 aliphatic rings. The molecule has 18 heavy (non-hydrogen) atoms. The molecule has 4 nitrogen and oxygen atoms in total. The van der Waals surface area contributed by atoms with Crippen LogP contribution in [0.2, 0.25) is 0 Å². The maximum absolute atomic E-state index is 12.9. The van der Waals surface area contributed by atoms with E-state index < -0.39 is 0 Å². The van der Waals surface area contributed by atoms with Gasteiger partial charge in [-0.2, -0.15) is 0 Å². The SMILES string of the molecule is Cc1cc(F)ccc1CCNc1ccc(N)nn1. The number of benzene rings is 1. The number of anilines is 2. The number of hydrogen-bond acceptors (Lipinski definition) is 4. The highest BCUT2D eigenvalue weighted by molar-refractivity contribution is 5.38. The number of hydrogen-bond donors (Lipinski definition) is 2. The van der Waals surface area contributed by atoms with Crippen LogP contribution in [0, 0.1) is 12.7 Å². The average Bonchev–Trinajstić information content (AvgIpc) is 2.34. The van der Waals surface area contributed by atoms with Gasteiger partial charge in [-0.15, -0.1) is 10.2 Å². The van der Waals surface area contributed by atoms with Crippen molar-refractivity contribution in [1.29, 1.82) is 0 Å². The second kappa shape index (κ2) is 5.44. The number of nitrogen functional groups attached to an aromatic ring is 1. The van der Waals surface area contributed by atoms with Crippen molar-refractivity contribution in [3.8, 4) is 0 Å². The summed E-state index contributed by atoms with van der Waals surface area (Å²) in [5.41, 5.74) is 7.52. The van der Waals surface area contributed by atoms with Gasteiger partial charge in [-0.1, -0.05) is 6.07 Å². The van der Waals surface area contributed by atoms with E-state index in [0.717, 1.165) is 17.5 Å². The summed E-state index contributed by atoms with van der Waals surface area (Å²) < 4.78 is 12.9. The molecule has 0 saturated carbocycles. The zero-order valence-electron chi connectivity index (χ0n) is 10.2. The summed E-state index contributed by atoms with van der Waals surface area (Å²) in [5, 5.41) is 10.8.